The molecule has 1 amide bonds. The van der Waals surface area contributed by atoms with Crippen molar-refractivity contribution < 1.29 is 9.53 Å². The minimum Gasteiger partial charge on any atom is -0.497 e. The second-order valence-corrected chi connectivity index (χ2v) is 9.33. The first-order valence-corrected chi connectivity index (χ1v) is 12.6. The van der Waals surface area contributed by atoms with E-state index in [0.29, 0.717) is 17.0 Å². The molecule has 6 rings (SSSR count). The van der Waals surface area contributed by atoms with Gasteiger partial charge in [-0.1, -0.05) is 42.5 Å². The first kappa shape index (κ1) is 22.7. The summed E-state index contributed by atoms with van der Waals surface area (Å²) in [7, 11) is 1.63. The number of nitrogens with zero attached hydrogens (tertiary/aromatic N) is 4. The van der Waals surface area contributed by atoms with Gasteiger partial charge in [0.05, 0.1) is 28.9 Å². The fourth-order valence-electron chi connectivity index (χ4n) is 4.22. The van der Waals surface area contributed by atoms with E-state index in [1.165, 1.54) is 5.01 Å². The van der Waals surface area contributed by atoms with Crippen LogP contribution >= 0.6 is 11.3 Å². The van der Waals surface area contributed by atoms with Gasteiger partial charge in [-0.05, 0) is 66.1 Å². The Hall–Kier alpha value is -4.75. The van der Waals surface area contributed by atoms with Crippen LogP contribution in [0.15, 0.2) is 119 Å². The molecule has 0 fully saturated rings. The third kappa shape index (κ3) is 4.37. The SMILES string of the molecule is COc1ccc(C2=NN(c3ccccc3)C(=O)/C2=C\c2cn(-c3ccccc3)nc2-c2cccs2)cc1. The smallest absolute Gasteiger partial charge is 0.281 e. The molecular weight excluding hydrogens is 480 g/mol. The van der Waals surface area contributed by atoms with E-state index >= 15 is 0 Å². The Balaban J connectivity index is 1.50. The number of carbonyl (C=O) groups excluding carboxylic acids is 1. The monoisotopic (exact) mass is 502 g/mol. The summed E-state index contributed by atoms with van der Waals surface area (Å²) < 4.78 is 7.17. The van der Waals surface area contributed by atoms with E-state index in [1.807, 2.05) is 119 Å². The average Bonchev–Trinajstić information content (AvgIpc) is 3.70. The van der Waals surface area contributed by atoms with Crippen LogP contribution in [0.2, 0.25) is 0 Å². The maximum Gasteiger partial charge on any atom is 0.281 e. The van der Waals surface area contributed by atoms with E-state index in [0.717, 1.165) is 33.1 Å². The summed E-state index contributed by atoms with van der Waals surface area (Å²) in [5, 5.41) is 13.1. The van der Waals surface area contributed by atoms with Gasteiger partial charge in [0.1, 0.15) is 17.2 Å². The average molecular weight is 503 g/mol. The van der Waals surface area contributed by atoms with Gasteiger partial charge in [-0.25, -0.2) is 4.68 Å². The van der Waals surface area contributed by atoms with E-state index in [1.54, 1.807) is 18.4 Å². The standard InChI is InChI=1S/C30H22N4O2S/c1-36-25-16-14-21(15-17-25)28-26(30(35)34(32-28)24-11-6-3-7-12-24)19-22-20-33(23-9-4-2-5-10-23)31-29(22)27-13-8-18-37-27/h2-20H,1H3/b26-19-. The Morgan fingerprint density at radius 2 is 1.54 bits per heavy atom. The van der Waals surface area contributed by atoms with Gasteiger partial charge in [0.15, 0.2) is 0 Å². The van der Waals surface area contributed by atoms with E-state index in [-0.39, 0.29) is 5.91 Å². The van der Waals surface area contributed by atoms with Crippen LogP contribution in [-0.2, 0) is 4.79 Å². The molecule has 0 saturated carbocycles. The third-order valence-electron chi connectivity index (χ3n) is 6.06. The number of hydrogen-bond donors (Lipinski definition) is 0. The van der Waals surface area contributed by atoms with Crippen LogP contribution in [0.4, 0.5) is 5.69 Å². The molecule has 180 valence electrons. The van der Waals surface area contributed by atoms with Crippen LogP contribution in [0.3, 0.4) is 0 Å². The van der Waals surface area contributed by atoms with Crippen molar-refractivity contribution >= 4 is 34.7 Å². The van der Waals surface area contributed by atoms with Crippen LogP contribution in [0.5, 0.6) is 5.75 Å². The van der Waals surface area contributed by atoms with E-state index in [2.05, 4.69) is 0 Å². The van der Waals surface area contributed by atoms with Crippen LogP contribution in [0.25, 0.3) is 22.3 Å². The first-order chi connectivity index (χ1) is 18.2. The van der Waals surface area contributed by atoms with Gasteiger partial charge in [0.2, 0.25) is 0 Å². The Labute approximate surface area is 218 Å². The molecule has 0 unspecified atom stereocenters. The topological polar surface area (TPSA) is 59.7 Å². The van der Waals surface area contributed by atoms with Crippen molar-refractivity contribution in [2.24, 2.45) is 5.10 Å². The highest BCUT2D eigenvalue weighted by molar-refractivity contribution is 7.13. The molecule has 1 aliphatic rings. The molecule has 5 aromatic rings. The Bertz CT molecular complexity index is 1600. The van der Waals surface area contributed by atoms with Crippen LogP contribution in [0, 0.1) is 0 Å². The predicted molar refractivity (Wildman–Crippen MR) is 148 cm³/mol. The van der Waals surface area contributed by atoms with Crippen molar-refractivity contribution in [2.45, 2.75) is 0 Å². The highest BCUT2D eigenvalue weighted by Gasteiger charge is 2.32. The number of amides is 1. The molecule has 0 N–H and O–H groups in total. The van der Waals surface area contributed by atoms with Gasteiger partial charge < -0.3 is 4.74 Å². The van der Waals surface area contributed by atoms with E-state index < -0.39 is 0 Å². The maximum absolute atomic E-state index is 13.8. The van der Waals surface area contributed by atoms with Crippen molar-refractivity contribution in [1.82, 2.24) is 9.78 Å². The number of hydrogen-bond acceptors (Lipinski definition) is 5. The lowest BCUT2D eigenvalue weighted by Gasteiger charge is -2.10. The number of ether oxygens (including phenoxy) is 1. The number of para-hydroxylation sites is 2. The van der Waals surface area contributed by atoms with Crippen molar-refractivity contribution in [2.75, 3.05) is 12.1 Å². The highest BCUT2D eigenvalue weighted by atomic mass is 32.1. The van der Waals surface area contributed by atoms with Gasteiger partial charge >= 0.3 is 0 Å². The second-order valence-electron chi connectivity index (χ2n) is 8.38. The molecule has 0 saturated heterocycles. The molecule has 37 heavy (non-hydrogen) atoms. The fraction of sp³-hybridized carbons (Fsp3) is 0.0333. The molecule has 1 aliphatic heterocycles. The Morgan fingerprint density at radius 1 is 0.838 bits per heavy atom. The summed E-state index contributed by atoms with van der Waals surface area (Å²) in [5.41, 5.74) is 5.22. The fourth-order valence-corrected chi connectivity index (χ4v) is 4.95. The summed E-state index contributed by atoms with van der Waals surface area (Å²) in [6.07, 6.45) is 3.86. The lowest BCUT2D eigenvalue weighted by molar-refractivity contribution is -0.114. The zero-order valence-corrected chi connectivity index (χ0v) is 20.8. The van der Waals surface area contributed by atoms with Crippen LogP contribution in [0.1, 0.15) is 11.1 Å². The molecule has 3 heterocycles. The zero-order chi connectivity index (χ0) is 25.2. The van der Waals surface area contributed by atoms with Crippen molar-refractivity contribution in [1.29, 1.82) is 0 Å². The zero-order valence-electron chi connectivity index (χ0n) is 20.0. The molecule has 6 nitrogen and oxygen atoms in total. The number of methoxy groups -OCH3 is 1. The summed E-state index contributed by atoms with van der Waals surface area (Å²) in [4.78, 5) is 14.8. The van der Waals surface area contributed by atoms with Gasteiger partial charge in [-0.2, -0.15) is 15.2 Å². The number of anilines is 1. The molecule has 0 bridgehead atoms. The summed E-state index contributed by atoms with van der Waals surface area (Å²) >= 11 is 1.61. The number of carbonyl (C=O) groups is 1. The summed E-state index contributed by atoms with van der Waals surface area (Å²) in [5.74, 6) is 0.546. The lowest BCUT2D eigenvalue weighted by atomic mass is 10.00. The molecule has 0 radical (unpaired) electrons. The lowest BCUT2D eigenvalue weighted by Crippen LogP contribution is -2.21. The molecular formula is C30H22N4O2S. The molecule has 0 spiro atoms. The molecule has 0 atom stereocenters. The number of benzene rings is 3. The Morgan fingerprint density at radius 3 is 2.19 bits per heavy atom. The largest absolute Gasteiger partial charge is 0.497 e. The van der Waals surface area contributed by atoms with Crippen LogP contribution in [-0.4, -0.2) is 28.5 Å². The summed E-state index contributed by atoms with van der Waals surface area (Å²) in [6.45, 7) is 0. The number of hydrazone groups is 1. The summed E-state index contributed by atoms with van der Waals surface area (Å²) in [6, 6.07) is 31.0. The quantitative estimate of drug-likeness (QED) is 0.251. The first-order valence-electron chi connectivity index (χ1n) is 11.7. The van der Waals surface area contributed by atoms with Gasteiger partial charge in [-0.3, -0.25) is 4.79 Å². The maximum atomic E-state index is 13.8. The molecule has 0 aliphatic carbocycles. The van der Waals surface area contributed by atoms with E-state index in [9.17, 15) is 4.79 Å². The second kappa shape index (κ2) is 9.72. The molecule has 2 aromatic heterocycles. The Kier molecular flexibility index (Phi) is 5.96. The third-order valence-corrected chi connectivity index (χ3v) is 6.94. The van der Waals surface area contributed by atoms with Gasteiger partial charge in [-0.15, -0.1) is 11.3 Å². The molecule has 3 aromatic carbocycles. The van der Waals surface area contributed by atoms with Gasteiger partial charge in [0, 0.05) is 17.3 Å². The normalized spacial score (nSPS) is 14.3. The highest BCUT2D eigenvalue weighted by Crippen LogP contribution is 2.33. The number of aromatic nitrogens is 2. The van der Waals surface area contributed by atoms with Crippen molar-refractivity contribution in [3.63, 3.8) is 0 Å². The minimum absolute atomic E-state index is 0.193. The van der Waals surface area contributed by atoms with Gasteiger partial charge in [0.25, 0.3) is 5.91 Å². The molecule has 7 heteroatoms. The number of rotatable bonds is 6. The number of thiophene rings is 1. The van der Waals surface area contributed by atoms with Crippen molar-refractivity contribution in [3.8, 4) is 22.0 Å². The predicted octanol–water partition coefficient (Wildman–Crippen LogP) is 6.44. The minimum atomic E-state index is -0.193. The van der Waals surface area contributed by atoms with Crippen LogP contribution < -0.4 is 9.75 Å². The van der Waals surface area contributed by atoms with Crippen molar-refractivity contribution in [3.05, 3.63) is 125 Å². The van der Waals surface area contributed by atoms with E-state index in [4.69, 9.17) is 14.9 Å².